The van der Waals surface area contributed by atoms with Gasteiger partial charge in [-0.15, -0.1) is 0 Å². The van der Waals surface area contributed by atoms with E-state index in [1.54, 1.807) is 36.4 Å². The maximum atomic E-state index is 13.5. The van der Waals surface area contributed by atoms with Crippen molar-refractivity contribution in [2.45, 2.75) is 24.2 Å². The van der Waals surface area contributed by atoms with Crippen LogP contribution in [0, 0.1) is 5.41 Å². The van der Waals surface area contributed by atoms with Crippen LogP contribution in [-0.2, 0) is 14.8 Å². The first-order chi connectivity index (χ1) is 15.2. The van der Waals surface area contributed by atoms with Crippen molar-refractivity contribution in [2.24, 2.45) is 11.1 Å². The second-order valence-corrected chi connectivity index (χ2v) is 10.2. The standard InChI is InChI=1S/C22H27ClN2O6S/c1-29-17-7-8-19(30-2)20(12-17)32(27,28)25-10-4-9-22(14-25,13-21(24)26)15-31-18-6-3-5-16(23)11-18/h3,5-8,11-12H,4,9-10,13-15H2,1-2H3,(H2,24,26). The predicted molar refractivity (Wildman–Crippen MR) is 121 cm³/mol. The van der Waals surface area contributed by atoms with Crippen molar-refractivity contribution in [1.29, 1.82) is 0 Å². The van der Waals surface area contributed by atoms with Crippen LogP contribution in [0.4, 0.5) is 0 Å². The summed E-state index contributed by atoms with van der Waals surface area (Å²) < 4.78 is 44.8. The number of carbonyl (C=O) groups is 1. The Kier molecular flexibility index (Phi) is 7.53. The minimum absolute atomic E-state index is 0.00462. The number of rotatable bonds is 9. The fourth-order valence-electron chi connectivity index (χ4n) is 3.97. The maximum Gasteiger partial charge on any atom is 0.246 e. The van der Waals surface area contributed by atoms with E-state index in [0.29, 0.717) is 35.9 Å². The van der Waals surface area contributed by atoms with Crippen LogP contribution in [0.1, 0.15) is 19.3 Å². The highest BCUT2D eigenvalue weighted by Gasteiger charge is 2.42. The molecule has 0 bridgehead atoms. The van der Waals surface area contributed by atoms with Crippen LogP contribution in [0.3, 0.4) is 0 Å². The van der Waals surface area contributed by atoms with Gasteiger partial charge in [-0.2, -0.15) is 4.31 Å². The Labute approximate surface area is 193 Å². The fourth-order valence-corrected chi connectivity index (χ4v) is 5.91. The molecule has 174 valence electrons. The van der Waals surface area contributed by atoms with Crippen LogP contribution in [0.5, 0.6) is 17.2 Å². The number of hydrogen-bond acceptors (Lipinski definition) is 6. The van der Waals surface area contributed by atoms with E-state index < -0.39 is 21.3 Å². The molecular weight excluding hydrogens is 456 g/mol. The number of hydrogen-bond donors (Lipinski definition) is 1. The Bertz CT molecular complexity index is 1080. The van der Waals surface area contributed by atoms with Crippen molar-refractivity contribution in [1.82, 2.24) is 4.31 Å². The highest BCUT2D eigenvalue weighted by molar-refractivity contribution is 7.89. The number of amides is 1. The van der Waals surface area contributed by atoms with Gasteiger partial charge in [0.2, 0.25) is 15.9 Å². The summed E-state index contributed by atoms with van der Waals surface area (Å²) in [4.78, 5) is 11.9. The summed E-state index contributed by atoms with van der Waals surface area (Å²) in [5.41, 5.74) is 4.76. The normalized spacial score (nSPS) is 19.3. The third kappa shape index (κ3) is 5.46. The highest BCUT2D eigenvalue weighted by atomic mass is 35.5. The molecule has 2 N–H and O–H groups in total. The molecule has 1 unspecified atom stereocenters. The molecule has 10 heteroatoms. The number of ether oxygens (including phenoxy) is 3. The molecular formula is C22H27ClN2O6S. The van der Waals surface area contributed by atoms with Gasteiger partial charge in [0.1, 0.15) is 22.1 Å². The SMILES string of the molecule is COc1ccc(OC)c(S(=O)(=O)N2CCCC(COc3cccc(Cl)c3)(CC(N)=O)C2)c1. The van der Waals surface area contributed by atoms with Gasteiger partial charge < -0.3 is 19.9 Å². The second kappa shape index (κ2) is 9.97. The summed E-state index contributed by atoms with van der Waals surface area (Å²) in [6.07, 6.45) is 1.14. The van der Waals surface area contributed by atoms with Crippen molar-refractivity contribution in [2.75, 3.05) is 33.9 Å². The van der Waals surface area contributed by atoms with E-state index in [1.165, 1.54) is 24.6 Å². The third-order valence-electron chi connectivity index (χ3n) is 5.51. The van der Waals surface area contributed by atoms with Crippen molar-refractivity contribution < 1.29 is 27.4 Å². The minimum Gasteiger partial charge on any atom is -0.497 e. The van der Waals surface area contributed by atoms with Crippen LogP contribution in [0.25, 0.3) is 0 Å². The first-order valence-corrected chi connectivity index (χ1v) is 11.9. The zero-order valence-electron chi connectivity index (χ0n) is 18.0. The van der Waals surface area contributed by atoms with Crippen LogP contribution < -0.4 is 19.9 Å². The molecule has 1 amide bonds. The highest BCUT2D eigenvalue weighted by Crippen LogP contribution is 2.39. The van der Waals surface area contributed by atoms with Crippen LogP contribution in [0.15, 0.2) is 47.4 Å². The van der Waals surface area contributed by atoms with E-state index >= 15 is 0 Å². The Morgan fingerprint density at radius 1 is 1.16 bits per heavy atom. The molecule has 1 saturated heterocycles. The van der Waals surface area contributed by atoms with E-state index in [9.17, 15) is 13.2 Å². The lowest BCUT2D eigenvalue weighted by molar-refractivity contribution is -0.121. The third-order valence-corrected chi connectivity index (χ3v) is 7.61. The van der Waals surface area contributed by atoms with Crippen molar-refractivity contribution in [3.05, 3.63) is 47.5 Å². The number of methoxy groups -OCH3 is 2. The minimum atomic E-state index is -3.93. The lowest BCUT2D eigenvalue weighted by atomic mass is 9.78. The van der Waals surface area contributed by atoms with Gasteiger partial charge in [0, 0.05) is 36.0 Å². The Morgan fingerprint density at radius 3 is 2.59 bits per heavy atom. The number of carbonyl (C=O) groups excluding carboxylic acids is 1. The smallest absolute Gasteiger partial charge is 0.246 e. The molecule has 1 atom stereocenters. The maximum absolute atomic E-state index is 13.5. The lowest BCUT2D eigenvalue weighted by Gasteiger charge is -2.41. The van der Waals surface area contributed by atoms with Gasteiger partial charge in [-0.3, -0.25) is 4.79 Å². The first kappa shape index (κ1) is 24.2. The Hall–Kier alpha value is -2.49. The molecule has 1 fully saturated rings. The van der Waals surface area contributed by atoms with Crippen LogP contribution >= 0.6 is 11.6 Å². The summed E-state index contributed by atoms with van der Waals surface area (Å²) in [5.74, 6) is 0.634. The van der Waals surface area contributed by atoms with Gasteiger partial charge in [0.05, 0.1) is 20.8 Å². The van der Waals surface area contributed by atoms with Gasteiger partial charge in [-0.25, -0.2) is 8.42 Å². The van der Waals surface area contributed by atoms with Crippen molar-refractivity contribution in [3.8, 4) is 17.2 Å². The van der Waals surface area contributed by atoms with Gasteiger partial charge in [0.25, 0.3) is 0 Å². The molecule has 0 aliphatic carbocycles. The molecule has 1 aliphatic rings. The van der Waals surface area contributed by atoms with Gasteiger partial charge in [-0.05, 0) is 43.2 Å². The monoisotopic (exact) mass is 482 g/mol. The number of sulfonamides is 1. The van der Waals surface area contributed by atoms with Crippen molar-refractivity contribution in [3.63, 3.8) is 0 Å². The second-order valence-electron chi connectivity index (χ2n) is 7.85. The fraction of sp³-hybridized carbons (Fsp3) is 0.409. The molecule has 0 aromatic heterocycles. The number of benzene rings is 2. The molecule has 0 saturated carbocycles. The summed E-state index contributed by atoms with van der Waals surface area (Å²) >= 11 is 6.03. The van der Waals surface area contributed by atoms with Crippen LogP contribution in [-0.4, -0.2) is 52.5 Å². The van der Waals surface area contributed by atoms with E-state index in [2.05, 4.69) is 0 Å². The summed E-state index contributed by atoms with van der Waals surface area (Å²) in [6, 6.07) is 11.5. The van der Waals surface area contributed by atoms with E-state index in [0.717, 1.165) is 0 Å². The quantitative estimate of drug-likeness (QED) is 0.588. The Balaban J connectivity index is 1.90. The zero-order valence-corrected chi connectivity index (χ0v) is 19.6. The number of halogens is 1. The number of primary amides is 1. The summed E-state index contributed by atoms with van der Waals surface area (Å²) in [6.45, 7) is 0.511. The van der Waals surface area contributed by atoms with Crippen molar-refractivity contribution >= 4 is 27.5 Å². The molecule has 3 rings (SSSR count). The zero-order chi connectivity index (χ0) is 23.4. The van der Waals surface area contributed by atoms with E-state index in [4.69, 9.17) is 31.5 Å². The topological polar surface area (TPSA) is 108 Å². The van der Waals surface area contributed by atoms with Crippen LogP contribution in [0.2, 0.25) is 5.02 Å². The molecule has 1 aliphatic heterocycles. The average Bonchev–Trinajstić information content (AvgIpc) is 2.77. The molecule has 0 spiro atoms. The van der Waals surface area contributed by atoms with E-state index in [-0.39, 0.29) is 30.2 Å². The number of piperidine rings is 1. The summed E-state index contributed by atoms with van der Waals surface area (Å²) in [7, 11) is -1.06. The number of nitrogens with zero attached hydrogens (tertiary/aromatic N) is 1. The van der Waals surface area contributed by atoms with Gasteiger partial charge in [0.15, 0.2) is 0 Å². The molecule has 8 nitrogen and oxygen atoms in total. The molecule has 0 radical (unpaired) electrons. The average molecular weight is 483 g/mol. The lowest BCUT2D eigenvalue weighted by Crippen LogP contribution is -2.50. The summed E-state index contributed by atoms with van der Waals surface area (Å²) in [5, 5.41) is 0.518. The van der Waals surface area contributed by atoms with Gasteiger partial charge >= 0.3 is 0 Å². The number of nitrogens with two attached hydrogens (primary N) is 1. The Morgan fingerprint density at radius 2 is 1.94 bits per heavy atom. The predicted octanol–water partition coefficient (Wildman–Crippen LogP) is 3.08. The van der Waals surface area contributed by atoms with E-state index in [1.807, 2.05) is 0 Å². The largest absolute Gasteiger partial charge is 0.497 e. The molecule has 2 aromatic rings. The molecule has 32 heavy (non-hydrogen) atoms. The van der Waals surface area contributed by atoms with Gasteiger partial charge in [-0.1, -0.05) is 17.7 Å². The molecule has 1 heterocycles. The molecule has 2 aromatic carbocycles. The first-order valence-electron chi connectivity index (χ1n) is 10.1.